The lowest BCUT2D eigenvalue weighted by Gasteiger charge is -2.13. The SMILES string of the molecule is Cn1cc(C(F)(F)F)cc(NC(=O)NNc2nccc(CO)c2F)c1=O. The third kappa shape index (κ3) is 4.27. The number of aryl methyl sites for hydroxylation is 1. The third-order valence-electron chi connectivity index (χ3n) is 3.19. The van der Waals surface area contributed by atoms with E-state index in [1.807, 2.05) is 10.7 Å². The first kappa shape index (κ1) is 19.2. The highest BCUT2D eigenvalue weighted by atomic mass is 19.4. The molecule has 12 heteroatoms. The molecule has 0 aliphatic carbocycles. The molecule has 4 N–H and O–H groups in total. The van der Waals surface area contributed by atoms with Crippen LogP contribution in [0.25, 0.3) is 0 Å². The van der Waals surface area contributed by atoms with E-state index in [1.54, 1.807) is 0 Å². The molecule has 0 aliphatic rings. The number of amides is 2. The van der Waals surface area contributed by atoms with Crippen LogP contribution in [0.5, 0.6) is 0 Å². The van der Waals surface area contributed by atoms with Crippen LogP contribution in [0.4, 0.5) is 33.9 Å². The first-order chi connectivity index (χ1) is 12.1. The van der Waals surface area contributed by atoms with Gasteiger partial charge in [0.2, 0.25) is 0 Å². The van der Waals surface area contributed by atoms with E-state index in [-0.39, 0.29) is 5.56 Å². The largest absolute Gasteiger partial charge is 0.417 e. The molecule has 2 rings (SSSR count). The number of halogens is 4. The number of hydrogen-bond donors (Lipinski definition) is 4. The van der Waals surface area contributed by atoms with Crippen molar-refractivity contribution < 1.29 is 27.5 Å². The number of pyridine rings is 2. The Balaban J connectivity index is 2.14. The highest BCUT2D eigenvalue weighted by molar-refractivity contribution is 5.89. The van der Waals surface area contributed by atoms with Crippen molar-refractivity contribution in [3.63, 3.8) is 0 Å². The monoisotopic (exact) mass is 375 g/mol. The van der Waals surface area contributed by atoms with E-state index >= 15 is 0 Å². The Kier molecular flexibility index (Phi) is 5.45. The molecule has 0 atom stereocenters. The molecule has 8 nitrogen and oxygen atoms in total. The number of aliphatic hydroxyl groups is 1. The number of carbonyl (C=O) groups is 1. The van der Waals surface area contributed by atoms with Crippen LogP contribution < -0.4 is 21.7 Å². The number of alkyl halides is 3. The van der Waals surface area contributed by atoms with Gasteiger partial charge in [0.15, 0.2) is 11.6 Å². The summed E-state index contributed by atoms with van der Waals surface area (Å²) in [5, 5.41) is 10.9. The van der Waals surface area contributed by atoms with Gasteiger partial charge < -0.3 is 15.0 Å². The number of anilines is 2. The lowest BCUT2D eigenvalue weighted by molar-refractivity contribution is -0.138. The summed E-state index contributed by atoms with van der Waals surface area (Å²) in [5.74, 6) is -1.35. The zero-order valence-electron chi connectivity index (χ0n) is 13.2. The Morgan fingerprint density at radius 2 is 2.08 bits per heavy atom. The van der Waals surface area contributed by atoms with Crippen LogP contribution in [0.2, 0.25) is 0 Å². The highest BCUT2D eigenvalue weighted by Crippen LogP contribution is 2.29. The number of aliphatic hydroxyl groups excluding tert-OH is 1. The summed E-state index contributed by atoms with van der Waals surface area (Å²) in [6.45, 7) is -0.602. The third-order valence-corrected chi connectivity index (χ3v) is 3.19. The molecular weight excluding hydrogens is 362 g/mol. The van der Waals surface area contributed by atoms with Crippen molar-refractivity contribution in [2.24, 2.45) is 7.05 Å². The van der Waals surface area contributed by atoms with E-state index in [9.17, 15) is 27.2 Å². The van der Waals surface area contributed by atoms with Crippen molar-refractivity contribution in [2.75, 3.05) is 10.7 Å². The van der Waals surface area contributed by atoms with Gasteiger partial charge in [-0.15, -0.1) is 0 Å². The minimum Gasteiger partial charge on any atom is -0.392 e. The van der Waals surface area contributed by atoms with E-state index in [2.05, 4.69) is 10.4 Å². The van der Waals surface area contributed by atoms with Gasteiger partial charge in [0, 0.05) is 25.0 Å². The molecule has 26 heavy (non-hydrogen) atoms. The van der Waals surface area contributed by atoms with Gasteiger partial charge in [-0.2, -0.15) is 13.2 Å². The van der Waals surface area contributed by atoms with Gasteiger partial charge in [0.25, 0.3) is 5.56 Å². The second-order valence-corrected chi connectivity index (χ2v) is 5.05. The fraction of sp³-hybridized carbons (Fsp3) is 0.214. The second-order valence-electron chi connectivity index (χ2n) is 5.05. The van der Waals surface area contributed by atoms with Gasteiger partial charge in [-0.25, -0.2) is 19.6 Å². The zero-order chi connectivity index (χ0) is 19.5. The molecule has 140 valence electrons. The van der Waals surface area contributed by atoms with Crippen LogP contribution in [-0.4, -0.2) is 20.7 Å². The van der Waals surface area contributed by atoms with Gasteiger partial charge in [-0.3, -0.25) is 10.2 Å². The smallest absolute Gasteiger partial charge is 0.392 e. The van der Waals surface area contributed by atoms with E-state index in [4.69, 9.17) is 5.11 Å². The Hall–Kier alpha value is -3.15. The normalized spacial score (nSPS) is 11.2. The number of hydrazine groups is 1. The molecule has 2 aromatic heterocycles. The topological polar surface area (TPSA) is 108 Å². The van der Waals surface area contributed by atoms with Crippen molar-refractivity contribution in [1.82, 2.24) is 15.0 Å². The first-order valence-corrected chi connectivity index (χ1v) is 6.98. The second kappa shape index (κ2) is 7.39. The van der Waals surface area contributed by atoms with E-state index < -0.39 is 47.3 Å². The average Bonchev–Trinajstić information content (AvgIpc) is 2.57. The predicted octanol–water partition coefficient (Wildman–Crippen LogP) is 1.58. The van der Waals surface area contributed by atoms with E-state index in [0.29, 0.717) is 16.8 Å². The molecule has 2 aromatic rings. The highest BCUT2D eigenvalue weighted by Gasteiger charge is 2.32. The summed E-state index contributed by atoms with van der Waals surface area (Å²) in [5.41, 5.74) is 1.31. The molecule has 0 radical (unpaired) electrons. The van der Waals surface area contributed by atoms with Gasteiger partial charge in [-0.1, -0.05) is 0 Å². The molecule has 2 heterocycles. The number of carbonyl (C=O) groups excluding carboxylic acids is 1. The fourth-order valence-corrected chi connectivity index (χ4v) is 1.92. The number of nitrogens with one attached hydrogen (secondary N) is 3. The summed E-state index contributed by atoms with van der Waals surface area (Å²) >= 11 is 0. The fourth-order valence-electron chi connectivity index (χ4n) is 1.92. The summed E-state index contributed by atoms with van der Waals surface area (Å²) in [4.78, 5) is 27.2. The van der Waals surface area contributed by atoms with Crippen LogP contribution >= 0.6 is 0 Å². The van der Waals surface area contributed by atoms with E-state index in [0.717, 1.165) is 7.05 Å². The number of aromatic nitrogens is 2. The average molecular weight is 375 g/mol. The zero-order valence-corrected chi connectivity index (χ0v) is 13.2. The molecule has 0 saturated carbocycles. The molecule has 0 saturated heterocycles. The Bertz CT molecular complexity index is 882. The summed E-state index contributed by atoms with van der Waals surface area (Å²) < 4.78 is 52.8. The van der Waals surface area contributed by atoms with Crippen molar-refractivity contribution in [1.29, 1.82) is 0 Å². The van der Waals surface area contributed by atoms with Crippen LogP contribution in [0.3, 0.4) is 0 Å². The van der Waals surface area contributed by atoms with Crippen molar-refractivity contribution >= 4 is 17.5 Å². The Labute approximate surface area is 143 Å². The molecule has 2 amide bonds. The van der Waals surface area contributed by atoms with Gasteiger partial charge in [0.05, 0.1) is 12.2 Å². The molecule has 0 aliphatic heterocycles. The maximum atomic E-state index is 13.8. The van der Waals surface area contributed by atoms with Crippen molar-refractivity contribution in [3.05, 3.63) is 51.8 Å². The van der Waals surface area contributed by atoms with Crippen LogP contribution in [-0.2, 0) is 19.8 Å². The first-order valence-electron chi connectivity index (χ1n) is 6.98. The molecular formula is C14H13F4N5O3. The molecule has 0 unspecified atom stereocenters. The quantitative estimate of drug-likeness (QED) is 0.479. The molecule has 0 aromatic carbocycles. The lowest BCUT2D eigenvalue weighted by Crippen LogP contribution is -2.36. The van der Waals surface area contributed by atoms with Crippen molar-refractivity contribution in [2.45, 2.75) is 12.8 Å². The predicted molar refractivity (Wildman–Crippen MR) is 82.6 cm³/mol. The minimum absolute atomic E-state index is 0.0866. The maximum Gasteiger partial charge on any atom is 0.417 e. The summed E-state index contributed by atoms with van der Waals surface area (Å²) in [7, 11) is 1.10. The Morgan fingerprint density at radius 3 is 2.69 bits per heavy atom. The molecule has 0 spiro atoms. The van der Waals surface area contributed by atoms with Crippen LogP contribution in [0.1, 0.15) is 11.1 Å². The van der Waals surface area contributed by atoms with Gasteiger partial charge in [-0.05, 0) is 12.1 Å². The number of urea groups is 1. The van der Waals surface area contributed by atoms with Gasteiger partial charge >= 0.3 is 12.2 Å². The number of nitrogens with zero attached hydrogens (tertiary/aromatic N) is 2. The standard InChI is InChI=1S/C14H13F4N5O3/c1-23-5-8(14(16,17)18)4-9(12(23)25)20-13(26)22-21-11-10(15)7(6-24)2-3-19-11/h2-5,24H,6H2,1H3,(H,19,21)(H2,20,22,26). The molecule has 0 bridgehead atoms. The number of hydrogen-bond acceptors (Lipinski definition) is 5. The summed E-state index contributed by atoms with van der Waals surface area (Å²) in [6.07, 6.45) is -2.96. The van der Waals surface area contributed by atoms with Crippen LogP contribution in [0.15, 0.2) is 29.3 Å². The van der Waals surface area contributed by atoms with E-state index in [1.165, 1.54) is 12.3 Å². The van der Waals surface area contributed by atoms with Crippen molar-refractivity contribution in [3.8, 4) is 0 Å². The summed E-state index contributed by atoms with van der Waals surface area (Å²) in [6, 6.07) is 0.567. The minimum atomic E-state index is -4.71. The van der Waals surface area contributed by atoms with Gasteiger partial charge in [0.1, 0.15) is 5.69 Å². The maximum absolute atomic E-state index is 13.8. The lowest BCUT2D eigenvalue weighted by atomic mass is 10.2. The molecule has 0 fully saturated rings. The number of rotatable bonds is 4. The van der Waals surface area contributed by atoms with Crippen LogP contribution in [0, 0.1) is 5.82 Å². The Morgan fingerprint density at radius 1 is 1.38 bits per heavy atom.